The first-order valence-electron chi connectivity index (χ1n) is 9.31. The fourth-order valence-corrected chi connectivity index (χ4v) is 3.45. The topological polar surface area (TPSA) is 28.5 Å². The Kier molecular flexibility index (Phi) is 4.95. The second kappa shape index (κ2) is 7.53. The zero-order valence-corrected chi connectivity index (χ0v) is 16.3. The van der Waals surface area contributed by atoms with E-state index in [0.717, 1.165) is 35.7 Å². The van der Waals surface area contributed by atoms with E-state index in [1.54, 1.807) is 6.20 Å². The quantitative estimate of drug-likeness (QED) is 0.497. The van der Waals surface area contributed by atoms with Crippen LogP contribution in [0.5, 0.6) is 0 Å². The number of benzene rings is 2. The van der Waals surface area contributed by atoms with Gasteiger partial charge in [-0.2, -0.15) is 0 Å². The first-order chi connectivity index (χ1) is 13.2. The Morgan fingerprint density at radius 3 is 2.52 bits per heavy atom. The van der Waals surface area contributed by atoms with Gasteiger partial charge in [-0.25, -0.2) is 9.98 Å². The number of amidine groups is 1. The van der Waals surface area contributed by atoms with Gasteiger partial charge < -0.3 is 4.90 Å². The predicted molar refractivity (Wildman–Crippen MR) is 113 cm³/mol. The van der Waals surface area contributed by atoms with Crippen LogP contribution in [0.2, 0.25) is 5.15 Å². The van der Waals surface area contributed by atoms with E-state index in [1.165, 1.54) is 11.1 Å². The van der Waals surface area contributed by atoms with Crippen molar-refractivity contribution < 1.29 is 0 Å². The molecule has 2 heterocycles. The van der Waals surface area contributed by atoms with Crippen LogP contribution in [0, 0.1) is 0 Å². The van der Waals surface area contributed by atoms with Gasteiger partial charge in [-0.05, 0) is 53.8 Å². The third kappa shape index (κ3) is 3.60. The molecule has 4 rings (SSSR count). The maximum absolute atomic E-state index is 5.98. The van der Waals surface area contributed by atoms with E-state index in [2.05, 4.69) is 66.2 Å². The fourth-order valence-electron chi connectivity index (χ4n) is 3.33. The average molecular weight is 376 g/mol. The predicted octanol–water partition coefficient (Wildman–Crippen LogP) is 6.35. The van der Waals surface area contributed by atoms with Crippen molar-refractivity contribution in [2.45, 2.75) is 32.7 Å². The van der Waals surface area contributed by atoms with Crippen molar-refractivity contribution >= 4 is 28.8 Å². The molecule has 136 valence electrons. The van der Waals surface area contributed by atoms with Crippen molar-refractivity contribution in [3.05, 3.63) is 88.7 Å². The van der Waals surface area contributed by atoms with Gasteiger partial charge in [0.2, 0.25) is 0 Å². The van der Waals surface area contributed by atoms with Crippen LogP contribution in [0.25, 0.3) is 0 Å². The van der Waals surface area contributed by atoms with Gasteiger partial charge >= 0.3 is 0 Å². The Bertz CT molecular complexity index is 962. The molecule has 0 radical (unpaired) electrons. The standard InChI is InChI=1S/C23H22ClN3/c1-3-16(2)17-8-11-20(12-9-17)27-15-19-6-4-5-7-21(19)26-23(27)18-10-13-22(24)25-14-18/h4-14,16H,3,15H2,1-2H3. The Balaban J connectivity index is 1.77. The van der Waals surface area contributed by atoms with Crippen molar-refractivity contribution in [3.63, 3.8) is 0 Å². The highest BCUT2D eigenvalue weighted by Gasteiger charge is 2.22. The highest BCUT2D eigenvalue weighted by molar-refractivity contribution is 6.29. The summed E-state index contributed by atoms with van der Waals surface area (Å²) in [4.78, 5) is 11.4. The molecule has 2 aromatic carbocycles. The van der Waals surface area contributed by atoms with Gasteiger partial charge in [0.05, 0.1) is 12.2 Å². The Labute approximate surface area is 165 Å². The van der Waals surface area contributed by atoms with E-state index in [1.807, 2.05) is 18.2 Å². The van der Waals surface area contributed by atoms with Crippen LogP contribution < -0.4 is 4.90 Å². The SMILES string of the molecule is CCC(C)c1ccc(N2Cc3ccccc3N=C2c2ccc(Cl)nc2)cc1. The van der Waals surface area contributed by atoms with Crippen LogP contribution in [0.3, 0.4) is 0 Å². The van der Waals surface area contributed by atoms with Gasteiger partial charge in [0.15, 0.2) is 0 Å². The summed E-state index contributed by atoms with van der Waals surface area (Å²) in [6.07, 6.45) is 2.93. The summed E-state index contributed by atoms with van der Waals surface area (Å²) in [5, 5.41) is 0.486. The molecular weight excluding hydrogens is 354 g/mol. The van der Waals surface area contributed by atoms with Gasteiger partial charge in [-0.1, -0.05) is 55.8 Å². The smallest absolute Gasteiger partial charge is 0.142 e. The third-order valence-electron chi connectivity index (χ3n) is 5.17. The number of rotatable bonds is 4. The number of anilines is 1. The Hall–Kier alpha value is -2.65. The first-order valence-corrected chi connectivity index (χ1v) is 9.69. The second-order valence-corrected chi connectivity index (χ2v) is 7.31. The van der Waals surface area contributed by atoms with Crippen LogP contribution in [-0.2, 0) is 6.54 Å². The second-order valence-electron chi connectivity index (χ2n) is 6.92. The molecule has 1 atom stereocenters. The summed E-state index contributed by atoms with van der Waals surface area (Å²) < 4.78 is 0. The zero-order valence-electron chi connectivity index (χ0n) is 15.6. The van der Waals surface area contributed by atoms with Crippen LogP contribution in [-0.4, -0.2) is 10.8 Å². The lowest BCUT2D eigenvalue weighted by Crippen LogP contribution is -2.33. The summed E-state index contributed by atoms with van der Waals surface area (Å²) in [5.41, 5.74) is 5.68. The van der Waals surface area contributed by atoms with Crippen molar-refractivity contribution in [1.82, 2.24) is 4.98 Å². The molecule has 3 nitrogen and oxygen atoms in total. The molecule has 0 saturated carbocycles. The molecule has 1 unspecified atom stereocenters. The minimum atomic E-state index is 0.486. The molecule has 3 aromatic rings. The summed E-state index contributed by atoms with van der Waals surface area (Å²) >= 11 is 5.98. The van der Waals surface area contributed by atoms with Crippen LogP contribution in [0.15, 0.2) is 71.9 Å². The molecule has 0 spiro atoms. The Morgan fingerprint density at radius 1 is 1.04 bits per heavy atom. The van der Waals surface area contributed by atoms with E-state index < -0.39 is 0 Å². The molecule has 0 amide bonds. The summed E-state index contributed by atoms with van der Waals surface area (Å²) in [6, 6.07) is 20.9. The molecule has 4 heteroatoms. The van der Waals surface area contributed by atoms with Crippen LogP contribution in [0.4, 0.5) is 11.4 Å². The van der Waals surface area contributed by atoms with E-state index in [9.17, 15) is 0 Å². The number of pyridine rings is 1. The number of fused-ring (bicyclic) bond motifs is 1. The molecule has 0 bridgehead atoms. The lowest BCUT2D eigenvalue weighted by atomic mass is 9.98. The third-order valence-corrected chi connectivity index (χ3v) is 5.40. The number of hydrogen-bond acceptors (Lipinski definition) is 3. The number of para-hydroxylation sites is 1. The largest absolute Gasteiger partial charge is 0.321 e. The monoisotopic (exact) mass is 375 g/mol. The van der Waals surface area contributed by atoms with Gasteiger partial charge in [0, 0.05) is 17.4 Å². The molecular formula is C23H22ClN3. The van der Waals surface area contributed by atoms with Crippen LogP contribution >= 0.6 is 11.6 Å². The summed E-state index contributed by atoms with van der Waals surface area (Å²) in [5.74, 6) is 1.46. The molecule has 0 fully saturated rings. The zero-order chi connectivity index (χ0) is 18.8. The highest BCUT2D eigenvalue weighted by Crippen LogP contribution is 2.32. The van der Waals surface area contributed by atoms with Crippen molar-refractivity contribution in [2.75, 3.05) is 4.90 Å². The first kappa shape index (κ1) is 17.7. The van der Waals surface area contributed by atoms with E-state index in [0.29, 0.717) is 11.1 Å². The normalized spacial score (nSPS) is 14.5. The number of aliphatic imine (C=N–C) groups is 1. The molecule has 1 aliphatic rings. The maximum atomic E-state index is 5.98. The van der Waals surface area contributed by atoms with Crippen molar-refractivity contribution in [3.8, 4) is 0 Å². The van der Waals surface area contributed by atoms with E-state index in [4.69, 9.17) is 16.6 Å². The van der Waals surface area contributed by atoms with E-state index in [-0.39, 0.29) is 0 Å². The lowest BCUT2D eigenvalue weighted by molar-refractivity contribution is 0.733. The van der Waals surface area contributed by atoms with Crippen molar-refractivity contribution in [2.24, 2.45) is 4.99 Å². The molecule has 1 aromatic heterocycles. The van der Waals surface area contributed by atoms with Gasteiger partial charge in [-0.3, -0.25) is 0 Å². The summed E-state index contributed by atoms with van der Waals surface area (Å²) in [6.45, 7) is 5.26. The molecule has 1 aliphatic heterocycles. The number of aromatic nitrogens is 1. The maximum Gasteiger partial charge on any atom is 0.142 e. The van der Waals surface area contributed by atoms with E-state index >= 15 is 0 Å². The van der Waals surface area contributed by atoms with Gasteiger partial charge in [-0.15, -0.1) is 0 Å². The van der Waals surface area contributed by atoms with Crippen LogP contribution in [0.1, 0.15) is 42.9 Å². The number of halogens is 1. The Morgan fingerprint density at radius 2 is 1.81 bits per heavy atom. The van der Waals surface area contributed by atoms with Gasteiger partial charge in [0.1, 0.15) is 11.0 Å². The minimum absolute atomic E-state index is 0.486. The van der Waals surface area contributed by atoms with Crippen molar-refractivity contribution in [1.29, 1.82) is 0 Å². The minimum Gasteiger partial charge on any atom is -0.321 e. The number of hydrogen-bond donors (Lipinski definition) is 0. The molecule has 0 saturated heterocycles. The van der Waals surface area contributed by atoms with Gasteiger partial charge in [0.25, 0.3) is 0 Å². The lowest BCUT2D eigenvalue weighted by Gasteiger charge is -2.31. The molecule has 0 N–H and O–H groups in total. The highest BCUT2D eigenvalue weighted by atomic mass is 35.5. The summed E-state index contributed by atoms with van der Waals surface area (Å²) in [7, 11) is 0. The number of nitrogens with zero attached hydrogens (tertiary/aromatic N) is 3. The fraction of sp³-hybridized carbons (Fsp3) is 0.217. The molecule has 27 heavy (non-hydrogen) atoms. The average Bonchev–Trinajstić information content (AvgIpc) is 2.73. The molecule has 0 aliphatic carbocycles.